The summed E-state index contributed by atoms with van der Waals surface area (Å²) in [6.07, 6.45) is 1.37. The lowest BCUT2D eigenvalue weighted by Crippen LogP contribution is -2.36. The minimum Gasteiger partial charge on any atom is -0.375 e. The molecule has 168 valence electrons. The second-order valence-electron chi connectivity index (χ2n) is 9.66. The molecule has 2 heterocycles. The molecule has 0 spiro atoms. The molecule has 1 aromatic heterocycles. The molecule has 1 aliphatic rings. The fourth-order valence-corrected chi connectivity index (χ4v) is 4.17. The van der Waals surface area contributed by atoms with E-state index >= 15 is 0 Å². The average Bonchev–Trinajstić information content (AvgIpc) is 2.64. The number of halogens is 1. The molecular formula is C23H31FN4O2S. The summed E-state index contributed by atoms with van der Waals surface area (Å²) in [7, 11) is 0. The number of aliphatic imine (C=N–C) groups is 1. The van der Waals surface area contributed by atoms with Crippen LogP contribution in [0.5, 0.6) is 0 Å². The van der Waals surface area contributed by atoms with Crippen LogP contribution in [0.25, 0.3) is 5.57 Å². The van der Waals surface area contributed by atoms with Gasteiger partial charge in [0.15, 0.2) is 5.16 Å². The maximum absolute atomic E-state index is 13.9. The minimum absolute atomic E-state index is 0.0866. The second-order valence-corrected chi connectivity index (χ2v) is 10.6. The highest BCUT2D eigenvalue weighted by Crippen LogP contribution is 2.31. The van der Waals surface area contributed by atoms with Crippen molar-refractivity contribution in [1.82, 2.24) is 9.55 Å². The van der Waals surface area contributed by atoms with Gasteiger partial charge in [-0.15, -0.1) is 0 Å². The van der Waals surface area contributed by atoms with Crippen molar-refractivity contribution in [3.63, 3.8) is 0 Å². The van der Waals surface area contributed by atoms with Gasteiger partial charge < -0.3 is 4.74 Å². The third-order valence-electron chi connectivity index (χ3n) is 4.58. The number of thioether (sulfide) groups is 1. The summed E-state index contributed by atoms with van der Waals surface area (Å²) in [5.41, 5.74) is -0.502. The number of nitrogens with zero attached hydrogens (tertiary/aromatic N) is 4. The van der Waals surface area contributed by atoms with Gasteiger partial charge in [0.2, 0.25) is 0 Å². The summed E-state index contributed by atoms with van der Waals surface area (Å²) in [6.45, 7) is 17.8. The van der Waals surface area contributed by atoms with Gasteiger partial charge in [-0.05, 0) is 27.7 Å². The molecule has 0 saturated carbocycles. The SMILES string of the molecule is C=C(C=N/C(=C(\C)F)C(C)(C)C)c1nc2n(c(=O)c1C#N)CC(COC(C)(C)C)CS2. The van der Waals surface area contributed by atoms with Gasteiger partial charge in [0, 0.05) is 35.4 Å². The van der Waals surface area contributed by atoms with Crippen LogP contribution in [0.1, 0.15) is 59.7 Å². The highest BCUT2D eigenvalue weighted by atomic mass is 32.2. The molecule has 1 unspecified atom stereocenters. The molecule has 2 rings (SSSR count). The Morgan fingerprint density at radius 3 is 2.58 bits per heavy atom. The van der Waals surface area contributed by atoms with Crippen LogP contribution in [0.15, 0.2) is 33.0 Å². The Hall–Kier alpha value is -2.24. The van der Waals surface area contributed by atoms with Gasteiger partial charge in [-0.25, -0.2) is 9.37 Å². The molecule has 0 aromatic carbocycles. The minimum atomic E-state index is -0.503. The summed E-state index contributed by atoms with van der Waals surface area (Å²) in [5, 5.41) is 10.2. The predicted octanol–water partition coefficient (Wildman–Crippen LogP) is 4.98. The van der Waals surface area contributed by atoms with Gasteiger partial charge in [-0.3, -0.25) is 14.4 Å². The monoisotopic (exact) mass is 446 g/mol. The van der Waals surface area contributed by atoms with Crippen LogP contribution in [-0.2, 0) is 11.3 Å². The highest BCUT2D eigenvalue weighted by molar-refractivity contribution is 7.99. The van der Waals surface area contributed by atoms with E-state index in [0.717, 1.165) is 5.75 Å². The van der Waals surface area contributed by atoms with Crippen LogP contribution < -0.4 is 5.56 Å². The number of hydrogen-bond acceptors (Lipinski definition) is 6. The van der Waals surface area contributed by atoms with Crippen LogP contribution in [0.3, 0.4) is 0 Å². The second kappa shape index (κ2) is 9.49. The van der Waals surface area contributed by atoms with Crippen LogP contribution in [0, 0.1) is 22.7 Å². The molecule has 1 atom stereocenters. The fraction of sp³-hybridized carbons (Fsp3) is 0.565. The number of allylic oxidation sites excluding steroid dienone is 3. The Kier molecular flexibility index (Phi) is 7.66. The predicted molar refractivity (Wildman–Crippen MR) is 124 cm³/mol. The Morgan fingerprint density at radius 2 is 2.06 bits per heavy atom. The van der Waals surface area contributed by atoms with Gasteiger partial charge >= 0.3 is 0 Å². The zero-order valence-electron chi connectivity index (χ0n) is 19.4. The number of nitriles is 1. The fourth-order valence-electron chi connectivity index (χ4n) is 3.11. The number of aromatic nitrogens is 2. The first-order chi connectivity index (χ1) is 14.2. The summed E-state index contributed by atoms with van der Waals surface area (Å²) >= 11 is 1.45. The normalized spacial score (nSPS) is 17.8. The summed E-state index contributed by atoms with van der Waals surface area (Å²) in [4.78, 5) is 21.8. The molecular weight excluding hydrogens is 415 g/mol. The molecule has 0 fully saturated rings. The van der Waals surface area contributed by atoms with E-state index in [-0.39, 0.29) is 28.5 Å². The third kappa shape index (κ3) is 6.37. The zero-order valence-corrected chi connectivity index (χ0v) is 20.2. The van der Waals surface area contributed by atoms with E-state index in [9.17, 15) is 14.4 Å². The Labute approximate surface area is 187 Å². The van der Waals surface area contributed by atoms with Crippen molar-refractivity contribution in [3.05, 3.63) is 39.7 Å². The van der Waals surface area contributed by atoms with Crippen LogP contribution >= 0.6 is 11.8 Å². The molecule has 8 heteroatoms. The topological polar surface area (TPSA) is 80.3 Å². The van der Waals surface area contributed by atoms with Crippen LogP contribution in [0.4, 0.5) is 4.39 Å². The van der Waals surface area contributed by atoms with Crippen molar-refractivity contribution in [1.29, 1.82) is 5.26 Å². The van der Waals surface area contributed by atoms with E-state index in [1.807, 2.05) is 47.6 Å². The lowest BCUT2D eigenvalue weighted by Gasteiger charge is -2.28. The van der Waals surface area contributed by atoms with Gasteiger partial charge in [0.05, 0.1) is 23.6 Å². The number of rotatable bonds is 5. The molecule has 0 radical (unpaired) electrons. The molecule has 0 aliphatic carbocycles. The first-order valence-corrected chi connectivity index (χ1v) is 11.1. The molecule has 1 aliphatic heterocycles. The average molecular weight is 447 g/mol. The van der Waals surface area contributed by atoms with Crippen LogP contribution in [0.2, 0.25) is 0 Å². The van der Waals surface area contributed by atoms with E-state index in [2.05, 4.69) is 16.6 Å². The Bertz CT molecular complexity index is 1020. The first-order valence-electron chi connectivity index (χ1n) is 10.2. The van der Waals surface area contributed by atoms with Gasteiger partial charge in [-0.1, -0.05) is 39.1 Å². The summed E-state index contributed by atoms with van der Waals surface area (Å²) < 4.78 is 21.3. The lowest BCUT2D eigenvalue weighted by atomic mass is 9.91. The van der Waals surface area contributed by atoms with Crippen molar-refractivity contribution >= 4 is 23.5 Å². The lowest BCUT2D eigenvalue weighted by molar-refractivity contribution is -0.0220. The Balaban J connectivity index is 2.37. The standard InChI is InChI=1S/C23H31FN4O2S/c1-14(10-26-19(15(2)24)22(3,4)5)18-17(9-25)20(29)28-11-16(12-30-23(6,7)8)13-31-21(28)27-18/h10,16H,1,11-13H2,2-8H3/b19-15+,26-10?. The maximum atomic E-state index is 13.9. The molecule has 31 heavy (non-hydrogen) atoms. The molecule has 0 saturated heterocycles. The van der Waals surface area contributed by atoms with E-state index in [4.69, 9.17) is 4.74 Å². The molecule has 6 nitrogen and oxygen atoms in total. The largest absolute Gasteiger partial charge is 0.375 e. The van der Waals surface area contributed by atoms with Gasteiger partial charge in [-0.2, -0.15) is 5.26 Å². The quantitative estimate of drug-likeness (QED) is 0.470. The number of fused-ring (bicyclic) bond motifs is 1. The first kappa shape index (κ1) is 25.0. The van der Waals surface area contributed by atoms with Crippen molar-refractivity contribution in [3.8, 4) is 6.07 Å². The smallest absolute Gasteiger partial charge is 0.272 e. The zero-order chi connectivity index (χ0) is 23.6. The molecule has 0 N–H and O–H groups in total. The van der Waals surface area contributed by atoms with Crippen molar-refractivity contribution in [2.24, 2.45) is 16.3 Å². The van der Waals surface area contributed by atoms with E-state index in [1.54, 1.807) is 0 Å². The van der Waals surface area contributed by atoms with Crippen molar-refractivity contribution in [2.45, 2.75) is 65.8 Å². The van der Waals surface area contributed by atoms with Crippen molar-refractivity contribution in [2.75, 3.05) is 12.4 Å². The maximum Gasteiger partial charge on any atom is 0.272 e. The molecule has 1 aromatic rings. The van der Waals surface area contributed by atoms with E-state index in [1.165, 1.54) is 29.5 Å². The number of hydrogen-bond donors (Lipinski definition) is 0. The van der Waals surface area contributed by atoms with Crippen LogP contribution in [-0.4, -0.2) is 33.7 Å². The van der Waals surface area contributed by atoms with Gasteiger partial charge in [0.1, 0.15) is 17.5 Å². The molecule has 0 amide bonds. The third-order valence-corrected chi connectivity index (χ3v) is 5.79. The van der Waals surface area contributed by atoms with Gasteiger partial charge in [0.25, 0.3) is 5.56 Å². The number of ether oxygens (including phenoxy) is 1. The molecule has 0 bridgehead atoms. The Morgan fingerprint density at radius 1 is 1.42 bits per heavy atom. The summed E-state index contributed by atoms with van der Waals surface area (Å²) in [5.74, 6) is 0.506. The van der Waals surface area contributed by atoms with E-state index < -0.39 is 16.8 Å². The van der Waals surface area contributed by atoms with E-state index in [0.29, 0.717) is 23.9 Å². The van der Waals surface area contributed by atoms with Crippen molar-refractivity contribution < 1.29 is 9.13 Å². The highest BCUT2D eigenvalue weighted by Gasteiger charge is 2.27. The summed E-state index contributed by atoms with van der Waals surface area (Å²) in [6, 6.07) is 1.96.